The zero-order chi connectivity index (χ0) is 12.2. The lowest BCUT2D eigenvalue weighted by Gasteiger charge is -2.20. The van der Waals surface area contributed by atoms with Crippen LogP contribution in [0.2, 0.25) is 0 Å². The number of nitrogens with two attached hydrogens (primary N) is 1. The van der Waals surface area contributed by atoms with Crippen molar-refractivity contribution in [2.45, 2.75) is 39.8 Å². The molecule has 0 aliphatic carbocycles. The van der Waals surface area contributed by atoms with Gasteiger partial charge < -0.3 is 11.1 Å². The van der Waals surface area contributed by atoms with Gasteiger partial charge in [-0.1, -0.05) is 0 Å². The summed E-state index contributed by atoms with van der Waals surface area (Å²) < 4.78 is 0. The van der Waals surface area contributed by atoms with Crippen molar-refractivity contribution in [2.75, 3.05) is 0 Å². The molecule has 1 aromatic heterocycles. The number of guanidine groups is 1. The Kier molecular flexibility index (Phi) is 6.36. The Morgan fingerprint density at radius 3 is 2.65 bits per heavy atom. The van der Waals surface area contributed by atoms with E-state index in [4.69, 9.17) is 5.73 Å². The van der Waals surface area contributed by atoms with Crippen LogP contribution in [0.1, 0.15) is 32.3 Å². The van der Waals surface area contributed by atoms with Crippen LogP contribution >= 0.6 is 24.0 Å². The Labute approximate surface area is 119 Å². The maximum Gasteiger partial charge on any atom is 0.189 e. The summed E-state index contributed by atoms with van der Waals surface area (Å²) in [5.74, 6) is 1.18. The smallest absolute Gasteiger partial charge is 0.189 e. The number of aryl methyl sites for hydroxylation is 1. The second-order valence-corrected chi connectivity index (χ2v) is 4.67. The zero-order valence-corrected chi connectivity index (χ0v) is 13.0. The van der Waals surface area contributed by atoms with Crippen LogP contribution in [0, 0.1) is 6.92 Å². The van der Waals surface area contributed by atoms with Crippen LogP contribution in [-0.4, -0.2) is 21.5 Å². The minimum Gasteiger partial charge on any atom is -0.370 e. The number of nitrogens with zero attached hydrogens (tertiary/aromatic N) is 3. The lowest BCUT2D eigenvalue weighted by molar-refractivity contribution is 0.508. The minimum absolute atomic E-state index is 0. The van der Waals surface area contributed by atoms with Gasteiger partial charge >= 0.3 is 0 Å². The van der Waals surface area contributed by atoms with E-state index < -0.39 is 0 Å². The van der Waals surface area contributed by atoms with Gasteiger partial charge in [-0.05, 0) is 33.8 Å². The molecule has 1 aromatic rings. The number of hydrogen-bond donors (Lipinski definition) is 2. The van der Waals surface area contributed by atoms with E-state index in [9.17, 15) is 0 Å². The number of aliphatic imine (C=N–C) groups is 1. The molecule has 1 rings (SSSR count). The summed E-state index contributed by atoms with van der Waals surface area (Å²) >= 11 is 0. The van der Waals surface area contributed by atoms with Crippen LogP contribution in [0.25, 0.3) is 0 Å². The van der Waals surface area contributed by atoms with Gasteiger partial charge in [0, 0.05) is 11.7 Å². The fourth-order valence-corrected chi connectivity index (χ4v) is 1.18. The summed E-state index contributed by atoms with van der Waals surface area (Å²) in [5.41, 5.74) is 6.53. The van der Waals surface area contributed by atoms with E-state index >= 15 is 0 Å². The molecule has 0 bridgehead atoms. The topological polar surface area (TPSA) is 76.2 Å². The number of hydrogen-bond acceptors (Lipinski definition) is 3. The molecule has 0 saturated carbocycles. The Hall–Kier alpha value is -0.920. The highest BCUT2D eigenvalue weighted by atomic mass is 127. The Morgan fingerprint density at radius 2 is 2.12 bits per heavy atom. The zero-order valence-electron chi connectivity index (χ0n) is 10.7. The molecule has 0 atom stereocenters. The summed E-state index contributed by atoms with van der Waals surface area (Å²) in [7, 11) is 0. The van der Waals surface area contributed by atoms with Crippen molar-refractivity contribution in [2.24, 2.45) is 10.7 Å². The summed E-state index contributed by atoms with van der Waals surface area (Å²) in [6.45, 7) is 8.42. The molecular formula is C11H20IN5. The average molecular weight is 349 g/mol. The van der Waals surface area contributed by atoms with Gasteiger partial charge in [-0.2, -0.15) is 0 Å². The van der Waals surface area contributed by atoms with Crippen LogP contribution in [0.5, 0.6) is 0 Å². The third kappa shape index (κ3) is 7.09. The molecule has 0 amide bonds. The number of nitrogens with one attached hydrogen (secondary N) is 1. The monoisotopic (exact) mass is 349 g/mol. The van der Waals surface area contributed by atoms with Crippen molar-refractivity contribution < 1.29 is 0 Å². The fraction of sp³-hybridized carbons (Fsp3) is 0.545. The number of halogens is 1. The van der Waals surface area contributed by atoms with Gasteiger partial charge in [0.15, 0.2) is 5.96 Å². The average Bonchev–Trinajstić information content (AvgIpc) is 2.12. The molecule has 0 aliphatic rings. The van der Waals surface area contributed by atoms with E-state index in [1.54, 1.807) is 6.20 Å². The maximum atomic E-state index is 5.74. The van der Waals surface area contributed by atoms with Gasteiger partial charge in [-0.15, -0.1) is 24.0 Å². The Morgan fingerprint density at radius 1 is 1.47 bits per heavy atom. The van der Waals surface area contributed by atoms with Gasteiger partial charge in [0.05, 0.1) is 12.2 Å². The van der Waals surface area contributed by atoms with Gasteiger partial charge in [0.1, 0.15) is 5.82 Å². The molecule has 96 valence electrons. The minimum atomic E-state index is -0.0742. The first-order chi connectivity index (χ1) is 7.37. The molecule has 0 aliphatic heterocycles. The predicted molar refractivity (Wildman–Crippen MR) is 80.4 cm³/mol. The van der Waals surface area contributed by atoms with Crippen LogP contribution in [-0.2, 0) is 6.54 Å². The number of aromatic nitrogens is 2. The summed E-state index contributed by atoms with van der Waals surface area (Å²) in [6, 6.07) is 1.83. The third-order valence-corrected chi connectivity index (χ3v) is 1.75. The van der Waals surface area contributed by atoms with Crippen molar-refractivity contribution in [1.29, 1.82) is 0 Å². The van der Waals surface area contributed by atoms with Crippen molar-refractivity contribution in [1.82, 2.24) is 15.3 Å². The van der Waals surface area contributed by atoms with Crippen molar-refractivity contribution in [3.05, 3.63) is 23.8 Å². The van der Waals surface area contributed by atoms with Crippen molar-refractivity contribution in [3.8, 4) is 0 Å². The molecule has 1 heterocycles. The molecule has 0 radical (unpaired) electrons. The first-order valence-electron chi connectivity index (χ1n) is 5.23. The third-order valence-electron chi connectivity index (χ3n) is 1.75. The quantitative estimate of drug-likeness (QED) is 0.483. The standard InChI is InChI=1S/C11H19N5.HI/c1-8-13-6-5-9(15-8)7-14-10(12)16-11(2,3)4;/h5-6H,7H2,1-4H3,(H3,12,14,16);1H. The molecule has 0 saturated heterocycles. The van der Waals surface area contributed by atoms with Crippen LogP contribution in [0.3, 0.4) is 0 Å². The molecule has 6 heteroatoms. The van der Waals surface area contributed by atoms with E-state index in [1.807, 2.05) is 33.8 Å². The van der Waals surface area contributed by atoms with Gasteiger partial charge in [-0.25, -0.2) is 15.0 Å². The summed E-state index contributed by atoms with van der Waals surface area (Å²) in [6.07, 6.45) is 1.72. The predicted octanol–water partition coefficient (Wildman–Crippen LogP) is 1.61. The second kappa shape index (κ2) is 6.73. The summed E-state index contributed by atoms with van der Waals surface area (Å²) in [5, 5.41) is 3.09. The number of rotatable bonds is 2. The SMILES string of the molecule is Cc1nccc(CN=C(N)NC(C)(C)C)n1.I. The van der Waals surface area contributed by atoms with Gasteiger partial charge in [-0.3, -0.25) is 0 Å². The highest BCUT2D eigenvalue weighted by molar-refractivity contribution is 14.0. The molecule has 5 nitrogen and oxygen atoms in total. The molecule has 0 aromatic carbocycles. The molecular weight excluding hydrogens is 329 g/mol. The van der Waals surface area contributed by atoms with Crippen molar-refractivity contribution in [3.63, 3.8) is 0 Å². The van der Waals surface area contributed by atoms with E-state index in [2.05, 4.69) is 20.3 Å². The van der Waals surface area contributed by atoms with E-state index in [0.29, 0.717) is 12.5 Å². The highest BCUT2D eigenvalue weighted by Gasteiger charge is 2.09. The lowest BCUT2D eigenvalue weighted by atomic mass is 10.1. The molecule has 17 heavy (non-hydrogen) atoms. The van der Waals surface area contributed by atoms with E-state index in [1.165, 1.54) is 0 Å². The molecule has 3 N–H and O–H groups in total. The molecule has 0 unspecified atom stereocenters. The van der Waals surface area contributed by atoms with E-state index in [0.717, 1.165) is 11.5 Å². The van der Waals surface area contributed by atoms with Crippen LogP contribution < -0.4 is 11.1 Å². The van der Waals surface area contributed by atoms with Crippen LogP contribution in [0.4, 0.5) is 0 Å². The van der Waals surface area contributed by atoms with Gasteiger partial charge in [0.25, 0.3) is 0 Å². The van der Waals surface area contributed by atoms with Crippen molar-refractivity contribution >= 4 is 29.9 Å². The summed E-state index contributed by atoms with van der Waals surface area (Å²) in [4.78, 5) is 12.5. The molecule has 0 fully saturated rings. The van der Waals surface area contributed by atoms with Crippen LogP contribution in [0.15, 0.2) is 17.3 Å². The highest BCUT2D eigenvalue weighted by Crippen LogP contribution is 1.99. The Bertz CT molecular complexity index is 384. The largest absolute Gasteiger partial charge is 0.370 e. The normalized spacial score (nSPS) is 11.9. The second-order valence-electron chi connectivity index (χ2n) is 4.67. The maximum absolute atomic E-state index is 5.74. The lowest BCUT2D eigenvalue weighted by Crippen LogP contribution is -2.45. The Balaban J connectivity index is 0.00000256. The van der Waals surface area contributed by atoms with E-state index in [-0.39, 0.29) is 29.5 Å². The fourth-order valence-electron chi connectivity index (χ4n) is 1.18. The first kappa shape index (κ1) is 16.1. The molecule has 0 spiro atoms. The van der Waals surface area contributed by atoms with Gasteiger partial charge in [0.2, 0.25) is 0 Å². The first-order valence-corrected chi connectivity index (χ1v) is 5.23.